The van der Waals surface area contributed by atoms with Gasteiger partial charge >= 0.3 is 0 Å². The summed E-state index contributed by atoms with van der Waals surface area (Å²) in [7, 11) is 0. The lowest BCUT2D eigenvalue weighted by molar-refractivity contribution is 0.297. The third-order valence-corrected chi connectivity index (χ3v) is 3.50. The van der Waals surface area contributed by atoms with Crippen LogP contribution in [0.2, 0.25) is 0 Å². The third kappa shape index (κ3) is 4.17. The second-order valence-electron chi connectivity index (χ2n) is 4.86. The summed E-state index contributed by atoms with van der Waals surface area (Å²) in [6.45, 7) is 1.57. The van der Waals surface area contributed by atoms with Gasteiger partial charge in [-0.05, 0) is 24.9 Å². The van der Waals surface area contributed by atoms with Crippen LogP contribution in [-0.4, -0.2) is 16.7 Å². The molecule has 1 aromatic carbocycles. The molecule has 0 spiro atoms. The molecule has 0 aliphatic carbocycles. The molecule has 2 aromatic rings. The van der Waals surface area contributed by atoms with E-state index in [-0.39, 0.29) is 30.9 Å². The fraction of sp³-hybridized carbons (Fsp3) is 0.429. The van der Waals surface area contributed by atoms with Crippen molar-refractivity contribution < 1.29 is 4.52 Å². The Morgan fingerprint density at radius 1 is 1.19 bits per heavy atom. The van der Waals surface area contributed by atoms with Crippen LogP contribution in [0, 0.1) is 0 Å². The van der Waals surface area contributed by atoms with Gasteiger partial charge in [0.1, 0.15) is 0 Å². The number of hydrogen-bond acceptors (Lipinski definition) is 5. The third-order valence-electron chi connectivity index (χ3n) is 3.50. The van der Waals surface area contributed by atoms with E-state index in [1.165, 1.54) is 12.8 Å². The van der Waals surface area contributed by atoms with Gasteiger partial charge in [-0.1, -0.05) is 35.8 Å². The monoisotopic (exact) mass is 330 g/mol. The van der Waals surface area contributed by atoms with Gasteiger partial charge in [0, 0.05) is 12.1 Å². The molecule has 1 atom stereocenters. The highest BCUT2D eigenvalue weighted by molar-refractivity contribution is 5.85. The van der Waals surface area contributed by atoms with E-state index >= 15 is 0 Å². The van der Waals surface area contributed by atoms with Crippen LogP contribution in [0.3, 0.4) is 0 Å². The molecule has 116 valence electrons. The first kappa shape index (κ1) is 17.9. The van der Waals surface area contributed by atoms with Crippen molar-refractivity contribution in [3.8, 4) is 11.4 Å². The van der Waals surface area contributed by atoms with Crippen molar-refractivity contribution in [2.45, 2.75) is 31.8 Å². The van der Waals surface area contributed by atoms with Crippen molar-refractivity contribution in [3.63, 3.8) is 0 Å². The van der Waals surface area contributed by atoms with Crippen LogP contribution in [0.1, 0.15) is 36.8 Å². The highest BCUT2D eigenvalue weighted by Crippen LogP contribution is 2.24. The Balaban J connectivity index is 0.00000110. The standard InChI is InChI=1S/C14H18N4O.2ClH/c15-9-10-4-6-11(7-5-10)13-17-14(19-18-13)12-3-1-2-8-16-12;;/h4-7,12,16H,1-3,8-9,15H2;2*1H/t12-;;/m1../s1. The van der Waals surface area contributed by atoms with Crippen molar-refractivity contribution >= 4 is 24.8 Å². The van der Waals surface area contributed by atoms with Crippen molar-refractivity contribution in [1.82, 2.24) is 15.5 Å². The summed E-state index contributed by atoms with van der Waals surface area (Å²) in [5, 5.41) is 7.47. The van der Waals surface area contributed by atoms with Crippen molar-refractivity contribution in [1.29, 1.82) is 0 Å². The van der Waals surface area contributed by atoms with Gasteiger partial charge < -0.3 is 15.6 Å². The number of benzene rings is 1. The van der Waals surface area contributed by atoms with Crippen LogP contribution >= 0.6 is 24.8 Å². The Kier molecular flexibility index (Phi) is 7.11. The predicted molar refractivity (Wildman–Crippen MR) is 86.7 cm³/mol. The number of rotatable bonds is 3. The Bertz CT molecular complexity index is 538. The Morgan fingerprint density at radius 3 is 2.57 bits per heavy atom. The van der Waals surface area contributed by atoms with E-state index in [0.717, 1.165) is 24.1 Å². The average Bonchev–Trinajstić information content (AvgIpc) is 2.98. The number of nitrogens with one attached hydrogen (secondary N) is 1. The van der Waals surface area contributed by atoms with E-state index in [1.54, 1.807) is 0 Å². The molecule has 0 saturated carbocycles. The maximum atomic E-state index is 5.58. The lowest BCUT2D eigenvalue weighted by Gasteiger charge is -2.19. The molecule has 5 nitrogen and oxygen atoms in total. The van der Waals surface area contributed by atoms with Crippen LogP contribution in [0.25, 0.3) is 11.4 Å². The summed E-state index contributed by atoms with van der Waals surface area (Å²) >= 11 is 0. The molecule has 0 unspecified atom stereocenters. The Labute approximate surface area is 136 Å². The predicted octanol–water partition coefficient (Wildman–Crippen LogP) is 2.85. The van der Waals surface area contributed by atoms with Gasteiger partial charge in [0.25, 0.3) is 0 Å². The fourth-order valence-electron chi connectivity index (χ4n) is 2.35. The summed E-state index contributed by atoms with van der Waals surface area (Å²) in [6, 6.07) is 8.14. The highest BCUT2D eigenvalue weighted by atomic mass is 35.5. The number of hydrogen-bond donors (Lipinski definition) is 2. The van der Waals surface area contributed by atoms with E-state index < -0.39 is 0 Å². The minimum Gasteiger partial charge on any atom is -0.337 e. The lowest BCUT2D eigenvalue weighted by atomic mass is 10.1. The molecule has 1 aromatic heterocycles. The van der Waals surface area contributed by atoms with Gasteiger partial charge in [-0.15, -0.1) is 24.8 Å². The smallest absolute Gasteiger partial charge is 0.244 e. The molecule has 1 aliphatic rings. The zero-order valence-corrected chi connectivity index (χ0v) is 13.3. The molecule has 3 N–H and O–H groups in total. The lowest BCUT2D eigenvalue weighted by Crippen LogP contribution is -2.26. The van der Waals surface area contributed by atoms with Gasteiger partial charge in [0.15, 0.2) is 0 Å². The maximum Gasteiger partial charge on any atom is 0.244 e. The first-order valence-corrected chi connectivity index (χ1v) is 6.73. The first-order valence-electron chi connectivity index (χ1n) is 6.73. The SMILES string of the molecule is Cl.Cl.NCc1ccc(-c2noc([C@H]3CCCCN3)n2)cc1. The summed E-state index contributed by atoms with van der Waals surface area (Å²) in [5.74, 6) is 1.34. The second kappa shape index (κ2) is 8.34. The molecule has 0 amide bonds. The van der Waals surface area contributed by atoms with Crippen LogP contribution in [0.4, 0.5) is 0 Å². The zero-order chi connectivity index (χ0) is 13.1. The van der Waals surface area contributed by atoms with Crippen molar-refractivity contribution in [2.24, 2.45) is 5.73 Å². The van der Waals surface area contributed by atoms with Gasteiger partial charge in [0.2, 0.25) is 11.7 Å². The zero-order valence-electron chi connectivity index (χ0n) is 11.6. The summed E-state index contributed by atoms with van der Waals surface area (Å²) in [6.07, 6.45) is 3.49. The van der Waals surface area contributed by atoms with Crippen molar-refractivity contribution in [3.05, 3.63) is 35.7 Å². The quantitative estimate of drug-likeness (QED) is 0.904. The summed E-state index contributed by atoms with van der Waals surface area (Å²) < 4.78 is 5.37. The van der Waals surface area contributed by atoms with Gasteiger partial charge in [0.05, 0.1) is 6.04 Å². The van der Waals surface area contributed by atoms with Crippen LogP contribution < -0.4 is 11.1 Å². The number of halogens is 2. The number of nitrogens with two attached hydrogens (primary N) is 1. The molecule has 21 heavy (non-hydrogen) atoms. The first-order chi connectivity index (χ1) is 9.36. The molecular weight excluding hydrogens is 311 g/mol. The molecule has 3 rings (SSSR count). The second-order valence-corrected chi connectivity index (χ2v) is 4.86. The fourth-order valence-corrected chi connectivity index (χ4v) is 2.35. The van der Waals surface area contributed by atoms with Gasteiger partial charge in [-0.25, -0.2) is 0 Å². The molecule has 2 heterocycles. The minimum absolute atomic E-state index is 0. The van der Waals surface area contributed by atoms with Gasteiger partial charge in [-0.3, -0.25) is 0 Å². The molecule has 0 radical (unpaired) electrons. The molecule has 1 saturated heterocycles. The van der Waals surface area contributed by atoms with E-state index in [0.29, 0.717) is 18.3 Å². The van der Waals surface area contributed by atoms with Crippen LogP contribution in [0.5, 0.6) is 0 Å². The van der Waals surface area contributed by atoms with E-state index in [1.807, 2.05) is 24.3 Å². The molecular formula is C14H20Cl2N4O. The Morgan fingerprint density at radius 2 is 1.95 bits per heavy atom. The molecule has 1 aliphatic heterocycles. The van der Waals surface area contributed by atoms with E-state index in [4.69, 9.17) is 10.3 Å². The summed E-state index contributed by atoms with van der Waals surface area (Å²) in [5.41, 5.74) is 7.64. The topological polar surface area (TPSA) is 77.0 Å². The van der Waals surface area contributed by atoms with E-state index in [9.17, 15) is 0 Å². The summed E-state index contributed by atoms with van der Waals surface area (Å²) in [4.78, 5) is 4.49. The minimum atomic E-state index is 0. The van der Waals surface area contributed by atoms with Crippen LogP contribution in [0.15, 0.2) is 28.8 Å². The molecule has 7 heteroatoms. The Hall–Kier alpha value is -1.14. The number of nitrogens with zero attached hydrogens (tertiary/aromatic N) is 2. The molecule has 0 bridgehead atoms. The number of aromatic nitrogens is 2. The van der Waals surface area contributed by atoms with Crippen LogP contribution in [-0.2, 0) is 6.54 Å². The van der Waals surface area contributed by atoms with Gasteiger partial charge in [-0.2, -0.15) is 4.98 Å². The van der Waals surface area contributed by atoms with E-state index in [2.05, 4.69) is 15.5 Å². The normalized spacial score (nSPS) is 17.7. The number of piperidine rings is 1. The highest BCUT2D eigenvalue weighted by Gasteiger charge is 2.21. The largest absolute Gasteiger partial charge is 0.337 e. The average molecular weight is 331 g/mol. The maximum absolute atomic E-state index is 5.58. The molecule has 1 fully saturated rings. The van der Waals surface area contributed by atoms with Crippen molar-refractivity contribution in [2.75, 3.05) is 6.54 Å².